The van der Waals surface area contributed by atoms with Crippen LogP contribution in [0.5, 0.6) is 0 Å². The molecule has 0 spiro atoms. The van der Waals surface area contributed by atoms with E-state index < -0.39 is 0 Å². The number of hydrogen-bond acceptors (Lipinski definition) is 1. The van der Waals surface area contributed by atoms with E-state index in [4.69, 9.17) is 0 Å². The van der Waals surface area contributed by atoms with E-state index in [9.17, 15) is 0 Å². The van der Waals surface area contributed by atoms with Gasteiger partial charge in [0.2, 0.25) is 0 Å². The van der Waals surface area contributed by atoms with Crippen molar-refractivity contribution in [1.82, 2.24) is 0 Å². The van der Waals surface area contributed by atoms with Crippen molar-refractivity contribution < 1.29 is 0 Å². The largest absolute Gasteiger partial charge is 0.355 e. The Kier molecular flexibility index (Phi) is 5.23. The number of aryl methyl sites for hydroxylation is 2. The molecule has 0 fully saturated rings. The molecule has 1 unspecified atom stereocenters. The number of rotatable bonds is 5. The molecule has 0 heterocycles. The molecule has 0 saturated carbocycles. The van der Waals surface area contributed by atoms with Crippen LogP contribution in [0.25, 0.3) is 11.1 Å². The van der Waals surface area contributed by atoms with Gasteiger partial charge >= 0.3 is 0 Å². The summed E-state index contributed by atoms with van der Waals surface area (Å²) in [7, 11) is 0. The van der Waals surface area contributed by atoms with Gasteiger partial charge in [0, 0.05) is 11.4 Å². The average molecular weight is 329 g/mol. The van der Waals surface area contributed by atoms with Crippen molar-refractivity contribution in [1.29, 1.82) is 0 Å². The van der Waals surface area contributed by atoms with Gasteiger partial charge in [-0.2, -0.15) is 0 Å². The number of hydrogen-bond donors (Lipinski definition) is 1. The lowest BCUT2D eigenvalue weighted by atomic mass is 9.96. The zero-order chi connectivity index (χ0) is 17.8. The lowest BCUT2D eigenvalue weighted by molar-refractivity contribution is 0.734. The van der Waals surface area contributed by atoms with E-state index in [-0.39, 0.29) is 0 Å². The summed E-state index contributed by atoms with van der Waals surface area (Å²) in [5.74, 6) is 0.623. The Labute approximate surface area is 151 Å². The fourth-order valence-corrected chi connectivity index (χ4v) is 3.10. The Balaban J connectivity index is 1.75. The van der Waals surface area contributed by atoms with Crippen LogP contribution in [-0.4, -0.2) is 0 Å². The van der Waals surface area contributed by atoms with Gasteiger partial charge in [0.1, 0.15) is 0 Å². The first kappa shape index (κ1) is 17.3. The number of benzene rings is 3. The van der Waals surface area contributed by atoms with Crippen LogP contribution >= 0.6 is 0 Å². The second-order valence-electron chi connectivity index (χ2n) is 6.95. The Bertz CT molecular complexity index is 829. The molecule has 25 heavy (non-hydrogen) atoms. The normalized spacial score (nSPS) is 12.0. The molecule has 0 aromatic heterocycles. The molecule has 0 bridgehead atoms. The molecule has 1 heteroatoms. The second-order valence-corrected chi connectivity index (χ2v) is 6.95. The van der Waals surface area contributed by atoms with E-state index in [2.05, 4.69) is 99.7 Å². The summed E-state index contributed by atoms with van der Waals surface area (Å²) < 4.78 is 0. The van der Waals surface area contributed by atoms with E-state index in [0.29, 0.717) is 5.92 Å². The Hall–Kier alpha value is -2.54. The van der Waals surface area contributed by atoms with Gasteiger partial charge in [-0.05, 0) is 66.6 Å². The number of nitrogens with one attached hydrogen (secondary N) is 1. The standard InChI is InChI=1S/C24H27N/c1-5-18(3)20-7-9-21(10-8-20)22-11-13-23(14-12-22)25-24-15-6-17(2)16-19(24)4/h6-16,18,25H,5H2,1-4H3. The minimum absolute atomic E-state index is 0.623. The predicted octanol–water partition coefficient (Wildman–Crippen LogP) is 7.23. The zero-order valence-corrected chi connectivity index (χ0v) is 15.6. The third kappa shape index (κ3) is 4.11. The van der Waals surface area contributed by atoms with Gasteiger partial charge in [-0.15, -0.1) is 0 Å². The highest BCUT2D eigenvalue weighted by Crippen LogP contribution is 2.27. The molecule has 0 saturated heterocycles. The van der Waals surface area contributed by atoms with Crippen LogP contribution < -0.4 is 5.32 Å². The average Bonchev–Trinajstić information content (AvgIpc) is 2.64. The summed E-state index contributed by atoms with van der Waals surface area (Å²) in [6.07, 6.45) is 1.18. The van der Waals surface area contributed by atoms with Gasteiger partial charge < -0.3 is 5.32 Å². The molecule has 1 nitrogen and oxygen atoms in total. The van der Waals surface area contributed by atoms with Crippen molar-refractivity contribution in [3.05, 3.63) is 83.4 Å². The minimum atomic E-state index is 0.623. The third-order valence-corrected chi connectivity index (χ3v) is 4.97. The van der Waals surface area contributed by atoms with E-state index in [0.717, 1.165) is 11.4 Å². The minimum Gasteiger partial charge on any atom is -0.355 e. The lowest BCUT2D eigenvalue weighted by Gasteiger charge is -2.12. The molecular formula is C24H27N. The highest BCUT2D eigenvalue weighted by molar-refractivity contribution is 5.69. The van der Waals surface area contributed by atoms with Gasteiger partial charge in [-0.25, -0.2) is 0 Å². The first-order valence-corrected chi connectivity index (χ1v) is 9.11. The van der Waals surface area contributed by atoms with Crippen molar-refractivity contribution in [3.8, 4) is 11.1 Å². The van der Waals surface area contributed by atoms with E-state index in [1.54, 1.807) is 0 Å². The summed E-state index contributed by atoms with van der Waals surface area (Å²) in [5.41, 5.74) is 8.78. The van der Waals surface area contributed by atoms with E-state index >= 15 is 0 Å². The van der Waals surface area contributed by atoms with Crippen molar-refractivity contribution in [3.63, 3.8) is 0 Å². The van der Waals surface area contributed by atoms with Crippen LogP contribution in [-0.2, 0) is 0 Å². The van der Waals surface area contributed by atoms with Crippen LogP contribution in [0.3, 0.4) is 0 Å². The molecule has 0 radical (unpaired) electrons. The maximum Gasteiger partial charge on any atom is 0.0414 e. The Morgan fingerprint density at radius 2 is 1.40 bits per heavy atom. The first-order valence-electron chi connectivity index (χ1n) is 9.11. The summed E-state index contributed by atoms with van der Waals surface area (Å²) in [6.45, 7) is 8.78. The summed E-state index contributed by atoms with van der Waals surface area (Å²) in [4.78, 5) is 0. The fraction of sp³-hybridized carbons (Fsp3) is 0.250. The molecule has 3 rings (SSSR count). The Morgan fingerprint density at radius 3 is 1.96 bits per heavy atom. The molecule has 0 aliphatic rings. The van der Waals surface area contributed by atoms with E-state index in [1.807, 2.05) is 0 Å². The topological polar surface area (TPSA) is 12.0 Å². The second kappa shape index (κ2) is 7.57. The molecule has 1 N–H and O–H groups in total. The molecule has 0 amide bonds. The van der Waals surface area contributed by atoms with Crippen molar-refractivity contribution in [2.75, 3.05) is 5.32 Å². The maximum atomic E-state index is 3.51. The summed E-state index contributed by atoms with van der Waals surface area (Å²) in [6, 6.07) is 24.1. The van der Waals surface area contributed by atoms with Crippen LogP contribution in [0, 0.1) is 13.8 Å². The highest BCUT2D eigenvalue weighted by atomic mass is 14.9. The molecule has 128 valence electrons. The molecule has 3 aromatic rings. The van der Waals surface area contributed by atoms with E-state index in [1.165, 1.54) is 34.2 Å². The van der Waals surface area contributed by atoms with Gasteiger partial charge in [-0.3, -0.25) is 0 Å². The molecule has 0 aliphatic carbocycles. The molecule has 0 aliphatic heterocycles. The summed E-state index contributed by atoms with van der Waals surface area (Å²) >= 11 is 0. The van der Waals surface area contributed by atoms with Crippen molar-refractivity contribution in [2.45, 2.75) is 40.0 Å². The quantitative estimate of drug-likeness (QED) is 0.520. The van der Waals surface area contributed by atoms with Crippen LogP contribution in [0.4, 0.5) is 11.4 Å². The fourth-order valence-electron chi connectivity index (χ4n) is 3.10. The van der Waals surface area contributed by atoms with Crippen molar-refractivity contribution >= 4 is 11.4 Å². The third-order valence-electron chi connectivity index (χ3n) is 4.97. The monoisotopic (exact) mass is 329 g/mol. The highest BCUT2D eigenvalue weighted by Gasteiger charge is 2.04. The smallest absolute Gasteiger partial charge is 0.0414 e. The zero-order valence-electron chi connectivity index (χ0n) is 15.6. The van der Waals surface area contributed by atoms with Crippen molar-refractivity contribution in [2.24, 2.45) is 0 Å². The van der Waals surface area contributed by atoms with Crippen LogP contribution in [0.15, 0.2) is 66.7 Å². The maximum absolute atomic E-state index is 3.51. The van der Waals surface area contributed by atoms with Gasteiger partial charge in [0.15, 0.2) is 0 Å². The molecular weight excluding hydrogens is 302 g/mol. The van der Waals surface area contributed by atoms with Gasteiger partial charge in [-0.1, -0.05) is 67.9 Å². The van der Waals surface area contributed by atoms with Gasteiger partial charge in [0.05, 0.1) is 0 Å². The summed E-state index contributed by atoms with van der Waals surface area (Å²) in [5, 5.41) is 3.51. The van der Waals surface area contributed by atoms with Crippen LogP contribution in [0.2, 0.25) is 0 Å². The SMILES string of the molecule is CCC(C)c1ccc(-c2ccc(Nc3ccc(C)cc3C)cc2)cc1. The Morgan fingerprint density at radius 1 is 0.800 bits per heavy atom. The lowest BCUT2D eigenvalue weighted by Crippen LogP contribution is -1.93. The first-order chi connectivity index (χ1) is 12.1. The molecule has 3 aromatic carbocycles. The number of anilines is 2. The predicted molar refractivity (Wildman–Crippen MR) is 110 cm³/mol. The molecule has 1 atom stereocenters. The van der Waals surface area contributed by atoms with Crippen LogP contribution in [0.1, 0.15) is 42.9 Å². The van der Waals surface area contributed by atoms with Gasteiger partial charge in [0.25, 0.3) is 0 Å².